The molecule has 1 aliphatic rings. The van der Waals surface area contributed by atoms with Crippen LogP contribution in [0.3, 0.4) is 0 Å². The summed E-state index contributed by atoms with van der Waals surface area (Å²) < 4.78 is 0. The van der Waals surface area contributed by atoms with Gasteiger partial charge in [-0.3, -0.25) is 15.0 Å². The van der Waals surface area contributed by atoms with Crippen LogP contribution in [0, 0.1) is 0 Å². The molecule has 1 aliphatic heterocycles. The lowest BCUT2D eigenvalue weighted by atomic mass is 10.2. The summed E-state index contributed by atoms with van der Waals surface area (Å²) >= 11 is 5.43. The van der Waals surface area contributed by atoms with Gasteiger partial charge in [-0.1, -0.05) is 18.2 Å². The molecule has 1 aromatic rings. The number of rotatable bonds is 2. The van der Waals surface area contributed by atoms with E-state index in [2.05, 4.69) is 5.32 Å². The number of para-hydroxylation sites is 1. The number of benzene rings is 1. The largest absolute Gasteiger partial charge is 0.328 e. The molecule has 0 radical (unpaired) electrons. The summed E-state index contributed by atoms with van der Waals surface area (Å²) in [6.45, 7) is 0.610. The SMILES string of the molecule is O=C(CCCl)NC(=O)N1CCc2ccccc21. The van der Waals surface area contributed by atoms with Crippen LogP contribution in [0.4, 0.5) is 10.5 Å². The number of fused-ring (bicyclic) bond motifs is 1. The Hall–Kier alpha value is -1.55. The van der Waals surface area contributed by atoms with Gasteiger partial charge < -0.3 is 0 Å². The number of anilines is 1. The van der Waals surface area contributed by atoms with Gasteiger partial charge in [0.15, 0.2) is 0 Å². The van der Waals surface area contributed by atoms with Crippen LogP contribution in [0.1, 0.15) is 12.0 Å². The van der Waals surface area contributed by atoms with E-state index in [1.54, 1.807) is 4.90 Å². The highest BCUT2D eigenvalue weighted by atomic mass is 35.5. The van der Waals surface area contributed by atoms with Crippen molar-refractivity contribution < 1.29 is 9.59 Å². The maximum atomic E-state index is 11.8. The van der Waals surface area contributed by atoms with Crippen molar-refractivity contribution >= 4 is 29.2 Å². The van der Waals surface area contributed by atoms with E-state index in [-0.39, 0.29) is 24.2 Å². The number of hydrogen-bond acceptors (Lipinski definition) is 2. The van der Waals surface area contributed by atoms with Gasteiger partial charge in [0.25, 0.3) is 0 Å². The van der Waals surface area contributed by atoms with Gasteiger partial charge in [-0.25, -0.2) is 4.79 Å². The average Bonchev–Trinajstić information content (AvgIpc) is 2.72. The molecule has 90 valence electrons. The molecule has 0 aliphatic carbocycles. The van der Waals surface area contributed by atoms with Gasteiger partial charge in [-0.2, -0.15) is 0 Å². The molecular formula is C12H13ClN2O2. The highest BCUT2D eigenvalue weighted by Crippen LogP contribution is 2.27. The quantitative estimate of drug-likeness (QED) is 0.818. The topological polar surface area (TPSA) is 49.4 Å². The number of hydrogen-bond donors (Lipinski definition) is 1. The Kier molecular flexibility index (Phi) is 3.64. The number of amides is 3. The van der Waals surface area contributed by atoms with Crippen molar-refractivity contribution in [2.24, 2.45) is 0 Å². The minimum absolute atomic E-state index is 0.156. The minimum Gasteiger partial charge on any atom is -0.294 e. The Morgan fingerprint density at radius 1 is 1.35 bits per heavy atom. The van der Waals surface area contributed by atoms with Crippen molar-refractivity contribution in [1.29, 1.82) is 0 Å². The number of halogens is 1. The van der Waals surface area contributed by atoms with Gasteiger partial charge >= 0.3 is 6.03 Å². The number of alkyl halides is 1. The standard InChI is InChI=1S/C12H13ClN2O2/c13-7-5-11(16)14-12(17)15-8-6-9-3-1-2-4-10(9)15/h1-4H,5-8H2,(H,14,16,17). The molecule has 3 amide bonds. The highest BCUT2D eigenvalue weighted by molar-refractivity contribution is 6.19. The van der Waals surface area contributed by atoms with Crippen LogP contribution < -0.4 is 10.2 Å². The predicted octanol–water partition coefficient (Wildman–Crippen LogP) is 1.91. The molecule has 0 bridgehead atoms. The molecular weight excluding hydrogens is 240 g/mol. The second-order valence-corrected chi connectivity index (χ2v) is 4.20. The van der Waals surface area contributed by atoms with Gasteiger partial charge in [-0.15, -0.1) is 11.6 Å². The molecule has 1 heterocycles. The fourth-order valence-corrected chi connectivity index (χ4v) is 2.06. The van der Waals surface area contributed by atoms with E-state index in [4.69, 9.17) is 11.6 Å². The van der Waals surface area contributed by atoms with Crippen molar-refractivity contribution in [3.63, 3.8) is 0 Å². The van der Waals surface area contributed by atoms with Crippen molar-refractivity contribution in [3.05, 3.63) is 29.8 Å². The highest BCUT2D eigenvalue weighted by Gasteiger charge is 2.24. The number of urea groups is 1. The van der Waals surface area contributed by atoms with Gasteiger partial charge in [0.2, 0.25) is 5.91 Å². The third kappa shape index (κ3) is 2.58. The maximum Gasteiger partial charge on any atom is 0.328 e. The third-order valence-electron chi connectivity index (χ3n) is 2.70. The number of nitrogens with zero attached hydrogens (tertiary/aromatic N) is 1. The van der Waals surface area contributed by atoms with Crippen LogP contribution in [-0.2, 0) is 11.2 Å². The summed E-state index contributed by atoms with van der Waals surface area (Å²) in [6.07, 6.45) is 0.982. The van der Waals surface area contributed by atoms with E-state index >= 15 is 0 Å². The first kappa shape index (κ1) is 11.9. The summed E-state index contributed by atoms with van der Waals surface area (Å²) in [5.74, 6) is -0.121. The molecule has 1 aromatic carbocycles. The fourth-order valence-electron chi connectivity index (χ4n) is 1.88. The summed E-state index contributed by atoms with van der Waals surface area (Å²) in [5, 5.41) is 2.33. The Morgan fingerprint density at radius 2 is 2.12 bits per heavy atom. The number of carbonyl (C=O) groups is 2. The molecule has 0 spiro atoms. The van der Waals surface area contributed by atoms with Crippen LogP contribution in [0.25, 0.3) is 0 Å². The Labute approximate surface area is 105 Å². The van der Waals surface area contributed by atoms with E-state index in [0.29, 0.717) is 6.54 Å². The predicted molar refractivity (Wildman–Crippen MR) is 66.4 cm³/mol. The molecule has 5 heteroatoms. The number of nitrogens with one attached hydrogen (secondary N) is 1. The normalized spacial score (nSPS) is 13.4. The fraction of sp³-hybridized carbons (Fsp3) is 0.333. The lowest BCUT2D eigenvalue weighted by Crippen LogP contribution is -2.42. The van der Waals surface area contributed by atoms with Crippen molar-refractivity contribution in [3.8, 4) is 0 Å². The second kappa shape index (κ2) is 5.19. The zero-order chi connectivity index (χ0) is 12.3. The lowest BCUT2D eigenvalue weighted by Gasteiger charge is -2.17. The van der Waals surface area contributed by atoms with Crippen LogP contribution >= 0.6 is 11.6 Å². The Balaban J connectivity index is 2.05. The molecule has 0 saturated carbocycles. The third-order valence-corrected chi connectivity index (χ3v) is 2.89. The number of imide groups is 1. The van der Waals surface area contributed by atoms with Crippen LogP contribution in [-0.4, -0.2) is 24.4 Å². The summed E-state index contributed by atoms with van der Waals surface area (Å²) in [5.41, 5.74) is 2.01. The smallest absolute Gasteiger partial charge is 0.294 e. The van der Waals surface area contributed by atoms with Gasteiger partial charge in [0, 0.05) is 24.5 Å². The van der Waals surface area contributed by atoms with E-state index in [1.807, 2.05) is 24.3 Å². The molecule has 0 saturated heterocycles. The first-order chi connectivity index (χ1) is 8.22. The monoisotopic (exact) mass is 252 g/mol. The van der Waals surface area contributed by atoms with Crippen LogP contribution in [0.5, 0.6) is 0 Å². The van der Waals surface area contributed by atoms with Gasteiger partial charge in [0.05, 0.1) is 0 Å². The lowest BCUT2D eigenvalue weighted by molar-refractivity contribution is -0.119. The average molecular weight is 253 g/mol. The summed E-state index contributed by atoms with van der Waals surface area (Å²) in [7, 11) is 0. The minimum atomic E-state index is -0.370. The van der Waals surface area contributed by atoms with E-state index in [1.165, 1.54) is 0 Å². The van der Waals surface area contributed by atoms with Gasteiger partial charge in [-0.05, 0) is 18.1 Å². The first-order valence-electron chi connectivity index (χ1n) is 5.47. The molecule has 0 fully saturated rings. The Bertz CT molecular complexity index is 448. The molecule has 0 aromatic heterocycles. The molecule has 4 nitrogen and oxygen atoms in total. The first-order valence-corrected chi connectivity index (χ1v) is 6.01. The second-order valence-electron chi connectivity index (χ2n) is 3.82. The van der Waals surface area contributed by atoms with E-state index in [9.17, 15) is 9.59 Å². The summed E-state index contributed by atoms with van der Waals surface area (Å²) in [4.78, 5) is 24.7. The van der Waals surface area contributed by atoms with Gasteiger partial charge in [0.1, 0.15) is 0 Å². The number of carbonyl (C=O) groups excluding carboxylic acids is 2. The van der Waals surface area contributed by atoms with Crippen molar-refractivity contribution in [1.82, 2.24) is 5.32 Å². The van der Waals surface area contributed by atoms with Crippen LogP contribution in [0.2, 0.25) is 0 Å². The molecule has 0 atom stereocenters. The Morgan fingerprint density at radius 3 is 2.88 bits per heavy atom. The van der Waals surface area contributed by atoms with Crippen LogP contribution in [0.15, 0.2) is 24.3 Å². The summed E-state index contributed by atoms with van der Waals surface area (Å²) in [6, 6.07) is 7.33. The van der Waals surface area contributed by atoms with E-state index < -0.39 is 0 Å². The maximum absolute atomic E-state index is 11.8. The zero-order valence-corrected chi connectivity index (χ0v) is 10.0. The molecule has 0 unspecified atom stereocenters. The van der Waals surface area contributed by atoms with Crippen molar-refractivity contribution in [2.45, 2.75) is 12.8 Å². The molecule has 1 N–H and O–H groups in total. The van der Waals surface area contributed by atoms with E-state index in [0.717, 1.165) is 17.7 Å². The molecule has 17 heavy (non-hydrogen) atoms. The molecule has 2 rings (SSSR count). The zero-order valence-electron chi connectivity index (χ0n) is 9.28. The van der Waals surface area contributed by atoms with Crippen molar-refractivity contribution in [2.75, 3.05) is 17.3 Å².